The van der Waals surface area contributed by atoms with E-state index in [1.165, 1.54) is 18.4 Å². The molecule has 2 unspecified atom stereocenters. The van der Waals surface area contributed by atoms with Crippen molar-refractivity contribution in [3.05, 3.63) is 29.8 Å². The van der Waals surface area contributed by atoms with Gasteiger partial charge in [0.25, 0.3) is 0 Å². The third-order valence-electron chi connectivity index (χ3n) is 3.87. The second-order valence-corrected chi connectivity index (χ2v) is 5.67. The average Bonchev–Trinajstić information content (AvgIpc) is 2.40. The van der Waals surface area contributed by atoms with Crippen LogP contribution in [0.2, 0.25) is 0 Å². The van der Waals surface area contributed by atoms with E-state index in [-0.39, 0.29) is 0 Å². The van der Waals surface area contributed by atoms with Gasteiger partial charge in [-0.05, 0) is 57.5 Å². The summed E-state index contributed by atoms with van der Waals surface area (Å²) in [6.45, 7) is 7.92. The molecule has 0 bridgehead atoms. The predicted octanol–water partition coefficient (Wildman–Crippen LogP) is 2.66. The third kappa shape index (κ3) is 4.51. The SMILES string of the molecule is COc1cccc(CN2CCC(C)NC(C)CC2)c1. The summed E-state index contributed by atoms with van der Waals surface area (Å²) in [5.74, 6) is 0.952. The molecule has 0 aliphatic carbocycles. The summed E-state index contributed by atoms with van der Waals surface area (Å²) in [6, 6.07) is 9.64. The van der Waals surface area contributed by atoms with Gasteiger partial charge in [0.2, 0.25) is 0 Å². The second-order valence-electron chi connectivity index (χ2n) is 5.67. The van der Waals surface area contributed by atoms with Crippen molar-refractivity contribution in [2.24, 2.45) is 0 Å². The molecule has 1 N–H and O–H groups in total. The zero-order valence-corrected chi connectivity index (χ0v) is 12.4. The number of nitrogens with zero attached hydrogens (tertiary/aromatic N) is 1. The highest BCUT2D eigenvalue weighted by Crippen LogP contribution is 2.16. The molecule has 1 aromatic rings. The molecule has 0 amide bonds. The van der Waals surface area contributed by atoms with Crippen LogP contribution in [0.25, 0.3) is 0 Å². The number of methoxy groups -OCH3 is 1. The minimum Gasteiger partial charge on any atom is -0.497 e. The molecule has 1 heterocycles. The van der Waals surface area contributed by atoms with Crippen LogP contribution in [0.3, 0.4) is 0 Å². The molecule has 0 saturated carbocycles. The zero-order chi connectivity index (χ0) is 13.7. The first-order valence-corrected chi connectivity index (χ1v) is 7.28. The molecule has 2 rings (SSSR count). The van der Waals surface area contributed by atoms with Crippen molar-refractivity contribution in [1.82, 2.24) is 10.2 Å². The van der Waals surface area contributed by atoms with Crippen molar-refractivity contribution in [1.29, 1.82) is 0 Å². The highest BCUT2D eigenvalue weighted by Gasteiger charge is 2.16. The van der Waals surface area contributed by atoms with Crippen LogP contribution in [-0.4, -0.2) is 37.2 Å². The number of hydrogen-bond donors (Lipinski definition) is 1. The van der Waals surface area contributed by atoms with E-state index in [1.807, 2.05) is 6.07 Å². The molecule has 1 aliphatic rings. The fraction of sp³-hybridized carbons (Fsp3) is 0.625. The van der Waals surface area contributed by atoms with Gasteiger partial charge < -0.3 is 10.1 Å². The summed E-state index contributed by atoms with van der Waals surface area (Å²) in [5, 5.41) is 3.64. The molecule has 19 heavy (non-hydrogen) atoms. The van der Waals surface area contributed by atoms with Crippen molar-refractivity contribution in [2.75, 3.05) is 20.2 Å². The van der Waals surface area contributed by atoms with Gasteiger partial charge in [-0.25, -0.2) is 0 Å². The number of benzene rings is 1. The van der Waals surface area contributed by atoms with Gasteiger partial charge in [0.1, 0.15) is 5.75 Å². The van der Waals surface area contributed by atoms with Crippen LogP contribution in [0.4, 0.5) is 0 Å². The summed E-state index contributed by atoms with van der Waals surface area (Å²) < 4.78 is 5.29. The first-order valence-electron chi connectivity index (χ1n) is 7.28. The lowest BCUT2D eigenvalue weighted by molar-refractivity contribution is 0.212. The summed E-state index contributed by atoms with van der Waals surface area (Å²) in [7, 11) is 1.73. The Balaban J connectivity index is 1.96. The highest BCUT2D eigenvalue weighted by atomic mass is 16.5. The maximum absolute atomic E-state index is 5.29. The Labute approximate surface area is 116 Å². The summed E-state index contributed by atoms with van der Waals surface area (Å²) >= 11 is 0. The molecule has 3 heteroatoms. The van der Waals surface area contributed by atoms with Gasteiger partial charge >= 0.3 is 0 Å². The molecule has 0 spiro atoms. The molecule has 1 aliphatic heterocycles. The minimum absolute atomic E-state index is 0.614. The van der Waals surface area contributed by atoms with Crippen molar-refractivity contribution in [3.63, 3.8) is 0 Å². The summed E-state index contributed by atoms with van der Waals surface area (Å²) in [4.78, 5) is 2.56. The van der Waals surface area contributed by atoms with Crippen LogP contribution >= 0.6 is 0 Å². The predicted molar refractivity (Wildman–Crippen MR) is 79.6 cm³/mol. The Morgan fingerprint density at radius 3 is 2.53 bits per heavy atom. The van der Waals surface area contributed by atoms with Crippen molar-refractivity contribution < 1.29 is 4.74 Å². The second kappa shape index (κ2) is 6.92. The van der Waals surface area contributed by atoms with Crippen LogP contribution in [0.15, 0.2) is 24.3 Å². The Kier molecular flexibility index (Phi) is 5.23. The van der Waals surface area contributed by atoms with Crippen molar-refractivity contribution in [2.45, 2.75) is 45.3 Å². The molecule has 0 radical (unpaired) electrons. The quantitative estimate of drug-likeness (QED) is 0.906. The third-order valence-corrected chi connectivity index (χ3v) is 3.87. The Bertz CT molecular complexity index is 382. The molecule has 1 saturated heterocycles. The summed E-state index contributed by atoms with van der Waals surface area (Å²) in [5.41, 5.74) is 1.34. The maximum atomic E-state index is 5.29. The lowest BCUT2D eigenvalue weighted by Crippen LogP contribution is -2.42. The van der Waals surface area contributed by atoms with E-state index in [2.05, 4.69) is 42.3 Å². The monoisotopic (exact) mass is 262 g/mol. The van der Waals surface area contributed by atoms with Gasteiger partial charge in [0.15, 0.2) is 0 Å². The average molecular weight is 262 g/mol. The van der Waals surface area contributed by atoms with E-state index in [1.54, 1.807) is 7.11 Å². The van der Waals surface area contributed by atoms with Crippen LogP contribution < -0.4 is 10.1 Å². The molecular formula is C16H26N2O. The highest BCUT2D eigenvalue weighted by molar-refractivity contribution is 5.28. The molecule has 1 fully saturated rings. The Hall–Kier alpha value is -1.06. The van der Waals surface area contributed by atoms with Gasteiger partial charge in [0.05, 0.1) is 7.11 Å². The topological polar surface area (TPSA) is 24.5 Å². The van der Waals surface area contributed by atoms with E-state index in [9.17, 15) is 0 Å². The van der Waals surface area contributed by atoms with Crippen LogP contribution in [0, 0.1) is 0 Å². The van der Waals surface area contributed by atoms with E-state index in [0.29, 0.717) is 12.1 Å². The molecule has 2 atom stereocenters. The van der Waals surface area contributed by atoms with Crippen LogP contribution in [-0.2, 0) is 6.54 Å². The minimum atomic E-state index is 0.614. The Morgan fingerprint density at radius 2 is 1.89 bits per heavy atom. The van der Waals surface area contributed by atoms with Gasteiger partial charge in [-0.2, -0.15) is 0 Å². The van der Waals surface area contributed by atoms with Crippen LogP contribution in [0.5, 0.6) is 5.75 Å². The van der Waals surface area contributed by atoms with Gasteiger partial charge in [-0.3, -0.25) is 4.90 Å². The summed E-state index contributed by atoms with van der Waals surface area (Å²) in [6.07, 6.45) is 2.43. The normalized spacial score (nSPS) is 25.6. The largest absolute Gasteiger partial charge is 0.497 e. The van der Waals surface area contributed by atoms with E-state index >= 15 is 0 Å². The molecule has 106 valence electrons. The Morgan fingerprint density at radius 1 is 1.21 bits per heavy atom. The maximum Gasteiger partial charge on any atom is 0.119 e. The first-order chi connectivity index (χ1) is 9.17. The number of ether oxygens (including phenoxy) is 1. The standard InChI is InChI=1S/C16H26N2O/c1-13-7-9-18(10-8-14(2)17-13)12-15-5-4-6-16(11-15)19-3/h4-6,11,13-14,17H,7-10,12H2,1-3H3. The molecule has 1 aromatic carbocycles. The van der Waals surface area contributed by atoms with E-state index < -0.39 is 0 Å². The van der Waals surface area contributed by atoms with Crippen molar-refractivity contribution >= 4 is 0 Å². The zero-order valence-electron chi connectivity index (χ0n) is 12.4. The number of rotatable bonds is 3. The van der Waals surface area contributed by atoms with E-state index in [4.69, 9.17) is 4.74 Å². The van der Waals surface area contributed by atoms with E-state index in [0.717, 1.165) is 25.4 Å². The number of nitrogens with one attached hydrogen (secondary N) is 1. The van der Waals surface area contributed by atoms with Gasteiger partial charge in [0, 0.05) is 18.6 Å². The fourth-order valence-electron chi connectivity index (χ4n) is 2.70. The van der Waals surface area contributed by atoms with Crippen molar-refractivity contribution in [3.8, 4) is 5.75 Å². The first kappa shape index (κ1) is 14.4. The fourth-order valence-corrected chi connectivity index (χ4v) is 2.70. The van der Waals surface area contributed by atoms with Gasteiger partial charge in [-0.1, -0.05) is 12.1 Å². The molecule has 0 aromatic heterocycles. The van der Waals surface area contributed by atoms with Gasteiger partial charge in [-0.15, -0.1) is 0 Å². The lowest BCUT2D eigenvalue weighted by Gasteiger charge is -2.31. The molecule has 3 nitrogen and oxygen atoms in total. The lowest BCUT2D eigenvalue weighted by atomic mass is 10.1. The van der Waals surface area contributed by atoms with Crippen LogP contribution in [0.1, 0.15) is 32.3 Å². The molecular weight excluding hydrogens is 236 g/mol. The number of hydrogen-bond acceptors (Lipinski definition) is 3. The smallest absolute Gasteiger partial charge is 0.119 e.